The van der Waals surface area contributed by atoms with E-state index in [-0.39, 0.29) is 5.92 Å². The van der Waals surface area contributed by atoms with Gasteiger partial charge in [0.1, 0.15) is 5.78 Å². The molecule has 0 amide bonds. The topological polar surface area (TPSA) is 17.1 Å². The van der Waals surface area contributed by atoms with Crippen LogP contribution in [0.3, 0.4) is 0 Å². The molecule has 0 saturated heterocycles. The van der Waals surface area contributed by atoms with Crippen molar-refractivity contribution < 1.29 is 4.79 Å². The predicted octanol–water partition coefficient (Wildman–Crippen LogP) is 9.05. The number of halogens is 1. The largest absolute Gasteiger partial charge is 0.299 e. The highest BCUT2D eigenvalue weighted by atomic mass is 35.5. The van der Waals surface area contributed by atoms with Crippen molar-refractivity contribution in [1.82, 2.24) is 0 Å². The minimum atomic E-state index is 0.130. The van der Waals surface area contributed by atoms with Gasteiger partial charge in [0.05, 0.1) is 0 Å². The van der Waals surface area contributed by atoms with Crippen molar-refractivity contribution in [2.45, 2.75) is 112 Å². The zero-order valence-corrected chi connectivity index (χ0v) is 22.4. The average molecular weight is 461 g/mol. The lowest BCUT2D eigenvalue weighted by atomic mass is 9.43. The molecule has 2 heteroatoms. The van der Waals surface area contributed by atoms with Crippen molar-refractivity contribution >= 4 is 17.4 Å². The highest BCUT2D eigenvalue weighted by Gasteiger charge is 2.61. The lowest BCUT2D eigenvalue weighted by molar-refractivity contribution is -0.152. The molecule has 0 aliphatic heterocycles. The molecular formula is C30H49ClO. The molecule has 0 bridgehead atoms. The molecule has 0 unspecified atom stereocenters. The van der Waals surface area contributed by atoms with Crippen LogP contribution in [0.5, 0.6) is 0 Å². The summed E-state index contributed by atoms with van der Waals surface area (Å²) < 4.78 is 0. The minimum absolute atomic E-state index is 0.130. The highest BCUT2D eigenvalue weighted by molar-refractivity contribution is 6.29. The van der Waals surface area contributed by atoms with Crippen molar-refractivity contribution in [3.05, 3.63) is 11.6 Å². The Morgan fingerprint density at radius 1 is 0.969 bits per heavy atom. The first-order chi connectivity index (χ1) is 15.1. The van der Waals surface area contributed by atoms with E-state index < -0.39 is 0 Å². The Balaban J connectivity index is 1.50. The van der Waals surface area contributed by atoms with Gasteiger partial charge < -0.3 is 0 Å². The summed E-state index contributed by atoms with van der Waals surface area (Å²) in [6.07, 6.45) is 15.1. The summed E-state index contributed by atoms with van der Waals surface area (Å²) in [5.41, 5.74) is 0.881. The molecule has 0 spiro atoms. The Bertz CT molecular complexity index is 712. The van der Waals surface area contributed by atoms with E-state index in [4.69, 9.17) is 11.6 Å². The number of Topliss-reactive ketones (excluding diaryl/α,β-unsaturated/α-hetero) is 1. The summed E-state index contributed by atoms with van der Waals surface area (Å²) in [5, 5.41) is 0.677. The van der Waals surface area contributed by atoms with Crippen molar-refractivity contribution in [2.75, 3.05) is 0 Å². The van der Waals surface area contributed by atoms with Crippen molar-refractivity contribution in [3.63, 3.8) is 0 Å². The molecule has 182 valence electrons. The van der Waals surface area contributed by atoms with Crippen LogP contribution in [0.25, 0.3) is 0 Å². The zero-order chi connectivity index (χ0) is 23.3. The van der Waals surface area contributed by atoms with Gasteiger partial charge >= 0.3 is 0 Å². The van der Waals surface area contributed by atoms with E-state index in [0.717, 1.165) is 48.3 Å². The van der Waals surface area contributed by atoms with Crippen LogP contribution in [-0.4, -0.2) is 5.78 Å². The Morgan fingerprint density at radius 2 is 1.66 bits per heavy atom. The van der Waals surface area contributed by atoms with Gasteiger partial charge in [0.25, 0.3) is 0 Å². The fourth-order valence-electron chi connectivity index (χ4n) is 9.84. The number of hydrogen-bond donors (Lipinski definition) is 0. The fraction of sp³-hybridized carbons (Fsp3) is 0.900. The number of rotatable bonds is 7. The number of ketones is 1. The third-order valence-electron chi connectivity index (χ3n) is 11.4. The minimum Gasteiger partial charge on any atom is -0.299 e. The third-order valence-corrected chi connectivity index (χ3v) is 11.5. The first kappa shape index (κ1) is 24.8. The van der Waals surface area contributed by atoms with E-state index >= 15 is 0 Å². The molecule has 4 saturated carbocycles. The Hall–Kier alpha value is -0.300. The van der Waals surface area contributed by atoms with Gasteiger partial charge in [0.15, 0.2) is 0 Å². The first-order valence-corrected chi connectivity index (χ1v) is 14.3. The second kappa shape index (κ2) is 9.39. The predicted molar refractivity (Wildman–Crippen MR) is 137 cm³/mol. The Kier molecular flexibility index (Phi) is 7.28. The van der Waals surface area contributed by atoms with Crippen molar-refractivity contribution in [2.24, 2.45) is 58.2 Å². The van der Waals surface area contributed by atoms with Crippen LogP contribution in [0.15, 0.2) is 11.6 Å². The van der Waals surface area contributed by atoms with Crippen LogP contribution < -0.4 is 0 Å². The Morgan fingerprint density at radius 3 is 2.34 bits per heavy atom. The molecule has 0 N–H and O–H groups in total. The van der Waals surface area contributed by atoms with Crippen molar-refractivity contribution in [1.29, 1.82) is 0 Å². The normalized spacial score (nSPS) is 44.7. The second-order valence-electron chi connectivity index (χ2n) is 13.4. The molecule has 0 heterocycles. The second-order valence-corrected chi connectivity index (χ2v) is 13.9. The molecule has 0 aromatic carbocycles. The molecule has 4 aliphatic rings. The smallest absolute Gasteiger partial charge is 0.136 e. The summed E-state index contributed by atoms with van der Waals surface area (Å²) >= 11 is 6.23. The lowest BCUT2D eigenvalue weighted by Gasteiger charge is -2.62. The molecular weight excluding hydrogens is 412 g/mol. The van der Waals surface area contributed by atoms with Gasteiger partial charge in [-0.25, -0.2) is 0 Å². The molecule has 0 radical (unpaired) electrons. The summed E-state index contributed by atoms with van der Waals surface area (Å²) in [7, 11) is 0. The van der Waals surface area contributed by atoms with Crippen LogP contribution in [-0.2, 0) is 4.79 Å². The van der Waals surface area contributed by atoms with Crippen LogP contribution in [0.1, 0.15) is 112 Å². The molecule has 4 fully saturated rings. The zero-order valence-electron chi connectivity index (χ0n) is 21.6. The number of allylic oxidation sites excluding steroid dienone is 1. The van der Waals surface area contributed by atoms with Gasteiger partial charge in [-0.1, -0.05) is 72.1 Å². The number of carbonyl (C=O) groups is 1. The molecule has 1 nitrogen and oxygen atoms in total. The summed E-state index contributed by atoms with van der Waals surface area (Å²) in [6.45, 7) is 16.5. The standard InChI is InChI=1S/C30H49ClO/c1-19(2)8-7-9-20(3)24-12-13-25-22-10-11-26-23(18-21(4)31)28(32)15-17-30(26,6)27(22)14-16-29(24,25)5/h19-20,22-27H,4,7-18H2,1-3,5-6H3/t20-,22+,23+,24-,25+,26+,27+,29-,30+/m1/s1. The molecule has 4 rings (SSSR count). The van der Waals surface area contributed by atoms with E-state index in [0.29, 0.717) is 34.0 Å². The summed E-state index contributed by atoms with van der Waals surface area (Å²) in [6, 6.07) is 0. The molecule has 4 aliphatic carbocycles. The molecule has 0 aromatic rings. The van der Waals surface area contributed by atoms with E-state index in [1.54, 1.807) is 0 Å². The number of fused-ring (bicyclic) bond motifs is 5. The van der Waals surface area contributed by atoms with Gasteiger partial charge in [-0.05, 0) is 104 Å². The van der Waals surface area contributed by atoms with Gasteiger partial charge in [0.2, 0.25) is 0 Å². The van der Waals surface area contributed by atoms with Gasteiger partial charge in [-0.2, -0.15) is 0 Å². The maximum atomic E-state index is 12.9. The third kappa shape index (κ3) is 4.27. The number of hydrogen-bond acceptors (Lipinski definition) is 1. The highest BCUT2D eigenvalue weighted by Crippen LogP contribution is 2.69. The van der Waals surface area contributed by atoms with Crippen LogP contribution in [0, 0.1) is 58.2 Å². The molecule has 32 heavy (non-hydrogen) atoms. The Labute approximate surface area is 203 Å². The van der Waals surface area contributed by atoms with Crippen molar-refractivity contribution in [3.8, 4) is 0 Å². The summed E-state index contributed by atoms with van der Waals surface area (Å²) in [5.74, 6) is 6.36. The van der Waals surface area contributed by atoms with E-state index in [2.05, 4.69) is 41.2 Å². The van der Waals surface area contributed by atoms with Crippen LogP contribution in [0.4, 0.5) is 0 Å². The fourth-order valence-corrected chi connectivity index (χ4v) is 10.0. The maximum Gasteiger partial charge on any atom is 0.136 e. The van der Waals surface area contributed by atoms with E-state index in [1.807, 2.05) is 0 Å². The van der Waals surface area contributed by atoms with Crippen LogP contribution >= 0.6 is 11.6 Å². The summed E-state index contributed by atoms with van der Waals surface area (Å²) in [4.78, 5) is 12.9. The SMILES string of the molecule is C=C(Cl)C[C@@H]1C(=O)CC[C@]2(C)[C@H]3CC[C@]4(C)[C@@H]([C@H](C)CCCC(C)C)CC[C@H]4[C@@H]3CC[C@@H]12. The maximum absolute atomic E-state index is 12.9. The van der Waals surface area contributed by atoms with Gasteiger partial charge in [-0.15, -0.1) is 0 Å². The van der Waals surface area contributed by atoms with E-state index in [9.17, 15) is 4.79 Å². The van der Waals surface area contributed by atoms with Gasteiger partial charge in [0, 0.05) is 17.4 Å². The first-order valence-electron chi connectivity index (χ1n) is 13.9. The monoisotopic (exact) mass is 460 g/mol. The van der Waals surface area contributed by atoms with Crippen LogP contribution in [0.2, 0.25) is 0 Å². The molecule has 0 aromatic heterocycles. The van der Waals surface area contributed by atoms with Gasteiger partial charge in [-0.3, -0.25) is 4.79 Å². The quantitative estimate of drug-likeness (QED) is 0.370. The number of carbonyl (C=O) groups excluding carboxylic acids is 1. The average Bonchev–Trinajstić information content (AvgIpc) is 3.07. The lowest BCUT2D eigenvalue weighted by Crippen LogP contribution is -2.56. The van der Waals surface area contributed by atoms with E-state index in [1.165, 1.54) is 57.8 Å². The molecule has 9 atom stereocenters.